The predicted octanol–water partition coefficient (Wildman–Crippen LogP) is 1.29. The normalized spacial score (nSPS) is 18.5. The highest BCUT2D eigenvalue weighted by Gasteiger charge is 2.30. The van der Waals surface area contributed by atoms with E-state index in [-0.39, 0.29) is 17.9 Å². The second-order valence-electron chi connectivity index (χ2n) is 5.93. The highest BCUT2D eigenvalue weighted by Crippen LogP contribution is 2.26. The molecule has 1 heterocycles. The van der Waals surface area contributed by atoms with Gasteiger partial charge in [-0.2, -0.15) is 0 Å². The fraction of sp³-hybridized carbons (Fsp3) is 0.556. The second-order valence-corrected chi connectivity index (χ2v) is 5.93. The molecule has 0 spiro atoms. The molecule has 1 aromatic rings. The molecule has 0 aliphatic carbocycles. The summed E-state index contributed by atoms with van der Waals surface area (Å²) >= 11 is 0. The molecular weight excluding hydrogens is 306 g/mol. The number of benzene rings is 1. The van der Waals surface area contributed by atoms with Gasteiger partial charge in [0, 0.05) is 52.3 Å². The Bertz CT molecular complexity index is 576. The summed E-state index contributed by atoms with van der Waals surface area (Å²) in [6, 6.07) is 7.49. The summed E-state index contributed by atoms with van der Waals surface area (Å²) in [5, 5.41) is 2.64. The van der Waals surface area contributed by atoms with E-state index >= 15 is 0 Å². The van der Waals surface area contributed by atoms with Gasteiger partial charge in [0.05, 0.1) is 12.6 Å². The van der Waals surface area contributed by atoms with Crippen LogP contribution in [-0.4, -0.2) is 68.1 Å². The van der Waals surface area contributed by atoms with Gasteiger partial charge in [0.1, 0.15) is 0 Å². The summed E-state index contributed by atoms with van der Waals surface area (Å²) in [6.45, 7) is 8.14. The van der Waals surface area contributed by atoms with Crippen LogP contribution in [0.5, 0.6) is 0 Å². The van der Waals surface area contributed by atoms with E-state index in [2.05, 4.69) is 10.2 Å². The molecule has 0 radical (unpaired) electrons. The van der Waals surface area contributed by atoms with E-state index < -0.39 is 0 Å². The van der Waals surface area contributed by atoms with E-state index in [9.17, 15) is 9.59 Å². The molecule has 1 aliphatic heterocycles. The molecule has 1 N–H and O–H groups in total. The standard InChI is InChI=1S/C18H27N3O3/c1-4-24-11-10-20-8-9-21(14(2)22)17(13-20)15-6-5-7-16(12-15)18(23)19-3/h5-7,12,17H,4,8-11,13H2,1-3H3,(H,19,23)/t17-/m1/s1. The van der Waals surface area contributed by atoms with Crippen molar-refractivity contribution in [2.24, 2.45) is 0 Å². The summed E-state index contributed by atoms with van der Waals surface area (Å²) in [4.78, 5) is 28.1. The van der Waals surface area contributed by atoms with Crippen LogP contribution in [0.3, 0.4) is 0 Å². The van der Waals surface area contributed by atoms with Gasteiger partial charge in [-0.05, 0) is 24.6 Å². The zero-order valence-corrected chi connectivity index (χ0v) is 14.7. The maximum atomic E-state index is 12.0. The Balaban J connectivity index is 2.18. The van der Waals surface area contributed by atoms with Crippen molar-refractivity contribution in [3.8, 4) is 0 Å². The topological polar surface area (TPSA) is 61.9 Å². The lowest BCUT2D eigenvalue weighted by Gasteiger charge is -2.41. The Morgan fingerprint density at radius 3 is 2.79 bits per heavy atom. The van der Waals surface area contributed by atoms with Crippen LogP contribution in [0.1, 0.15) is 35.8 Å². The van der Waals surface area contributed by atoms with Gasteiger partial charge in [0.2, 0.25) is 5.91 Å². The Labute approximate surface area is 143 Å². The van der Waals surface area contributed by atoms with E-state index in [1.165, 1.54) is 0 Å². The lowest BCUT2D eigenvalue weighted by Crippen LogP contribution is -2.50. The first-order valence-corrected chi connectivity index (χ1v) is 8.46. The van der Waals surface area contributed by atoms with Crippen molar-refractivity contribution in [3.05, 3.63) is 35.4 Å². The van der Waals surface area contributed by atoms with Gasteiger partial charge in [-0.15, -0.1) is 0 Å². The largest absolute Gasteiger partial charge is 0.380 e. The van der Waals surface area contributed by atoms with Crippen LogP contribution in [0.2, 0.25) is 0 Å². The van der Waals surface area contributed by atoms with Gasteiger partial charge in [-0.1, -0.05) is 12.1 Å². The number of hydrogen-bond acceptors (Lipinski definition) is 4. The van der Waals surface area contributed by atoms with Crippen LogP contribution >= 0.6 is 0 Å². The van der Waals surface area contributed by atoms with E-state index in [1.54, 1.807) is 20.0 Å². The number of rotatable bonds is 6. The minimum Gasteiger partial charge on any atom is -0.380 e. The van der Waals surface area contributed by atoms with Crippen molar-refractivity contribution in [2.75, 3.05) is 46.4 Å². The molecule has 132 valence electrons. The zero-order chi connectivity index (χ0) is 17.5. The van der Waals surface area contributed by atoms with Crippen molar-refractivity contribution in [3.63, 3.8) is 0 Å². The quantitative estimate of drug-likeness (QED) is 0.797. The summed E-state index contributed by atoms with van der Waals surface area (Å²) in [6.07, 6.45) is 0. The number of amides is 2. The molecule has 24 heavy (non-hydrogen) atoms. The summed E-state index contributed by atoms with van der Waals surface area (Å²) < 4.78 is 5.44. The summed E-state index contributed by atoms with van der Waals surface area (Å²) in [5.74, 6) is -0.0509. The van der Waals surface area contributed by atoms with Crippen molar-refractivity contribution in [1.29, 1.82) is 0 Å². The monoisotopic (exact) mass is 333 g/mol. The number of nitrogens with one attached hydrogen (secondary N) is 1. The molecule has 6 heteroatoms. The van der Waals surface area contributed by atoms with E-state index in [0.717, 1.165) is 25.2 Å². The minimum absolute atomic E-state index is 0.0394. The molecule has 0 unspecified atom stereocenters. The first kappa shape index (κ1) is 18.4. The van der Waals surface area contributed by atoms with Crippen molar-refractivity contribution in [1.82, 2.24) is 15.1 Å². The van der Waals surface area contributed by atoms with Crippen LogP contribution in [-0.2, 0) is 9.53 Å². The van der Waals surface area contributed by atoms with Gasteiger partial charge in [0.25, 0.3) is 5.91 Å². The average Bonchev–Trinajstić information content (AvgIpc) is 2.61. The maximum absolute atomic E-state index is 12.0. The lowest BCUT2D eigenvalue weighted by atomic mass is 9.99. The fourth-order valence-electron chi connectivity index (χ4n) is 3.07. The van der Waals surface area contributed by atoms with Crippen LogP contribution in [0.15, 0.2) is 24.3 Å². The van der Waals surface area contributed by atoms with Crippen molar-refractivity contribution >= 4 is 11.8 Å². The molecule has 1 atom stereocenters. The Kier molecular flexibility index (Phi) is 6.75. The molecule has 6 nitrogen and oxygen atoms in total. The SMILES string of the molecule is CCOCCN1CCN(C(C)=O)[C@@H](c2cccc(C(=O)NC)c2)C1. The average molecular weight is 333 g/mol. The highest BCUT2D eigenvalue weighted by atomic mass is 16.5. The molecular formula is C18H27N3O3. The number of carbonyl (C=O) groups excluding carboxylic acids is 2. The lowest BCUT2D eigenvalue weighted by molar-refractivity contribution is -0.134. The van der Waals surface area contributed by atoms with Gasteiger partial charge in [-0.3, -0.25) is 14.5 Å². The molecule has 0 bridgehead atoms. The van der Waals surface area contributed by atoms with Crippen molar-refractivity contribution < 1.29 is 14.3 Å². The molecule has 2 amide bonds. The molecule has 0 aromatic heterocycles. The fourth-order valence-corrected chi connectivity index (χ4v) is 3.07. The smallest absolute Gasteiger partial charge is 0.251 e. The number of nitrogens with zero attached hydrogens (tertiary/aromatic N) is 2. The van der Waals surface area contributed by atoms with Crippen LogP contribution < -0.4 is 5.32 Å². The maximum Gasteiger partial charge on any atom is 0.251 e. The van der Waals surface area contributed by atoms with E-state index in [1.807, 2.05) is 30.0 Å². The first-order chi connectivity index (χ1) is 11.6. The molecule has 0 saturated carbocycles. The number of carbonyl (C=O) groups is 2. The van der Waals surface area contributed by atoms with E-state index in [4.69, 9.17) is 4.74 Å². The van der Waals surface area contributed by atoms with Gasteiger partial charge < -0.3 is 15.0 Å². The summed E-state index contributed by atoms with van der Waals surface area (Å²) in [5.41, 5.74) is 1.61. The van der Waals surface area contributed by atoms with Crippen LogP contribution in [0.25, 0.3) is 0 Å². The van der Waals surface area contributed by atoms with Gasteiger partial charge in [0.15, 0.2) is 0 Å². The third-order valence-electron chi connectivity index (χ3n) is 4.39. The Morgan fingerprint density at radius 1 is 1.33 bits per heavy atom. The van der Waals surface area contributed by atoms with Gasteiger partial charge >= 0.3 is 0 Å². The van der Waals surface area contributed by atoms with Crippen LogP contribution in [0.4, 0.5) is 0 Å². The Morgan fingerprint density at radius 2 is 2.12 bits per heavy atom. The minimum atomic E-state index is -0.116. The summed E-state index contributed by atoms with van der Waals surface area (Å²) in [7, 11) is 1.62. The first-order valence-electron chi connectivity index (χ1n) is 8.46. The molecule has 1 saturated heterocycles. The van der Waals surface area contributed by atoms with Crippen molar-refractivity contribution in [2.45, 2.75) is 19.9 Å². The zero-order valence-electron chi connectivity index (χ0n) is 14.7. The molecule has 2 rings (SSSR count). The predicted molar refractivity (Wildman–Crippen MR) is 92.9 cm³/mol. The Hall–Kier alpha value is -1.92. The third kappa shape index (κ3) is 4.55. The number of piperazine rings is 1. The van der Waals surface area contributed by atoms with Crippen LogP contribution in [0, 0.1) is 0 Å². The molecule has 1 aromatic carbocycles. The molecule has 1 fully saturated rings. The molecule has 1 aliphatic rings. The number of ether oxygens (including phenoxy) is 1. The second kappa shape index (κ2) is 8.80. The third-order valence-corrected chi connectivity index (χ3v) is 4.39. The van der Waals surface area contributed by atoms with Gasteiger partial charge in [-0.25, -0.2) is 0 Å². The number of hydrogen-bond donors (Lipinski definition) is 1. The van der Waals surface area contributed by atoms with E-state index in [0.29, 0.717) is 25.3 Å². The highest BCUT2D eigenvalue weighted by molar-refractivity contribution is 5.94.